The summed E-state index contributed by atoms with van der Waals surface area (Å²) in [7, 11) is -3.64. The summed E-state index contributed by atoms with van der Waals surface area (Å²) in [5.74, 6) is -1.88. The van der Waals surface area contributed by atoms with Gasteiger partial charge in [0.25, 0.3) is 0 Å². The zero-order valence-electron chi connectivity index (χ0n) is 18.5. The molecule has 2 heterocycles. The molecular weight excluding hydrogens is 517 g/mol. The van der Waals surface area contributed by atoms with Crippen LogP contribution in [0.5, 0.6) is 0 Å². The first-order valence-electron chi connectivity index (χ1n) is 10.6. The van der Waals surface area contributed by atoms with Crippen LogP contribution >= 0.6 is 22.9 Å². The number of anilines is 2. The number of hydrogen-bond donors (Lipinski definition) is 2. The van der Waals surface area contributed by atoms with Gasteiger partial charge in [0.15, 0.2) is 0 Å². The Morgan fingerprint density at radius 3 is 2.69 bits per heavy atom. The normalized spacial score (nSPS) is 16.0. The van der Waals surface area contributed by atoms with Gasteiger partial charge in [-0.3, -0.25) is 9.59 Å². The number of carbonyl (C=O) groups is 2. The van der Waals surface area contributed by atoms with Crippen molar-refractivity contribution in [1.82, 2.24) is 14.9 Å². The van der Waals surface area contributed by atoms with Gasteiger partial charge in [-0.25, -0.2) is 17.5 Å². The van der Waals surface area contributed by atoms with Crippen LogP contribution in [0.25, 0.3) is 0 Å². The number of rotatable bonds is 8. The summed E-state index contributed by atoms with van der Waals surface area (Å²) in [6.07, 6.45) is 0.285. The number of aryl methyl sites for hydroxylation is 1. The predicted molar refractivity (Wildman–Crippen MR) is 130 cm³/mol. The van der Waals surface area contributed by atoms with Crippen LogP contribution in [0, 0.1) is 18.7 Å². The number of sulfonamides is 1. The number of carbonyl (C=O) groups excluding carboxylic acids is 2. The van der Waals surface area contributed by atoms with Crippen molar-refractivity contribution in [3.63, 3.8) is 0 Å². The third-order valence-corrected chi connectivity index (χ3v) is 8.03. The third kappa shape index (κ3) is 6.01. The van der Waals surface area contributed by atoms with Gasteiger partial charge in [0, 0.05) is 31.6 Å². The molecule has 4 rings (SSSR count). The lowest BCUT2D eigenvalue weighted by Gasteiger charge is -2.17. The fraction of sp³-hybridized carbons (Fsp3) is 0.273. The Balaban J connectivity index is 1.30. The molecule has 9 nitrogen and oxygen atoms in total. The van der Waals surface area contributed by atoms with E-state index in [0.717, 1.165) is 16.9 Å². The number of benzene rings is 2. The average molecular weight is 538 g/mol. The summed E-state index contributed by atoms with van der Waals surface area (Å²) >= 11 is 6.93. The summed E-state index contributed by atoms with van der Waals surface area (Å²) in [6, 6.07) is 10.5. The molecule has 2 N–H and O–H groups in total. The molecule has 1 saturated heterocycles. The van der Waals surface area contributed by atoms with Gasteiger partial charge in [0.05, 0.1) is 15.8 Å². The summed E-state index contributed by atoms with van der Waals surface area (Å²) in [5, 5.41) is 11.3. The van der Waals surface area contributed by atoms with Crippen LogP contribution < -0.4 is 14.9 Å². The van der Waals surface area contributed by atoms with Gasteiger partial charge in [-0.2, -0.15) is 0 Å². The first-order valence-corrected chi connectivity index (χ1v) is 13.2. The Morgan fingerprint density at radius 2 is 1.97 bits per heavy atom. The van der Waals surface area contributed by atoms with E-state index in [1.807, 2.05) is 6.92 Å². The fourth-order valence-electron chi connectivity index (χ4n) is 3.49. The average Bonchev–Trinajstić information content (AvgIpc) is 3.42. The lowest BCUT2D eigenvalue weighted by Crippen LogP contribution is -2.28. The topological polar surface area (TPSA) is 121 Å². The monoisotopic (exact) mass is 537 g/mol. The second-order valence-corrected chi connectivity index (χ2v) is 11.2. The maximum absolute atomic E-state index is 13.4. The van der Waals surface area contributed by atoms with Gasteiger partial charge < -0.3 is 10.2 Å². The highest BCUT2D eigenvalue weighted by Gasteiger charge is 2.35. The highest BCUT2D eigenvalue weighted by molar-refractivity contribution is 7.89. The van der Waals surface area contributed by atoms with E-state index < -0.39 is 27.7 Å². The van der Waals surface area contributed by atoms with Crippen LogP contribution in [-0.2, 0) is 26.0 Å². The van der Waals surface area contributed by atoms with Crippen LogP contribution in [-0.4, -0.2) is 43.5 Å². The van der Waals surface area contributed by atoms with Crippen molar-refractivity contribution in [2.45, 2.75) is 24.7 Å². The van der Waals surface area contributed by atoms with Crippen molar-refractivity contribution in [3.05, 3.63) is 63.9 Å². The van der Waals surface area contributed by atoms with Crippen LogP contribution in [0.3, 0.4) is 0 Å². The molecule has 1 aromatic heterocycles. The molecule has 0 spiro atoms. The molecule has 1 fully saturated rings. The van der Waals surface area contributed by atoms with Gasteiger partial charge in [-0.1, -0.05) is 40.6 Å². The third-order valence-electron chi connectivity index (χ3n) is 5.37. The first kappa shape index (κ1) is 25.2. The molecule has 3 aromatic rings. The highest BCUT2D eigenvalue weighted by Crippen LogP contribution is 2.29. The second kappa shape index (κ2) is 10.4. The van der Waals surface area contributed by atoms with Gasteiger partial charge in [-0.15, -0.1) is 10.2 Å². The number of nitrogens with zero attached hydrogens (tertiary/aromatic N) is 3. The lowest BCUT2D eigenvalue weighted by atomic mass is 10.1. The number of halogens is 2. The number of hydrogen-bond acceptors (Lipinski definition) is 7. The molecular formula is C22H21ClFN5O4S2. The van der Waals surface area contributed by atoms with Crippen LogP contribution in [0.4, 0.5) is 15.2 Å². The Hall–Kier alpha value is -2.93. The van der Waals surface area contributed by atoms with Gasteiger partial charge in [0.1, 0.15) is 10.8 Å². The molecule has 1 atom stereocenters. The molecule has 1 aliphatic rings. The fourth-order valence-corrected chi connectivity index (χ4v) is 5.44. The van der Waals surface area contributed by atoms with Crippen LogP contribution in [0.1, 0.15) is 17.0 Å². The summed E-state index contributed by atoms with van der Waals surface area (Å²) < 4.78 is 40.7. The second-order valence-electron chi connectivity index (χ2n) is 7.95. The number of nitrogens with one attached hydrogen (secondary N) is 2. The molecule has 2 amide bonds. The van der Waals surface area contributed by atoms with Crippen molar-refractivity contribution in [3.8, 4) is 0 Å². The molecule has 0 saturated carbocycles. The maximum atomic E-state index is 13.4. The standard InChI is InChI=1S/C22H21ClFN5O4S2/c1-13-2-5-16(6-3-13)35(32,33)25-9-8-19-27-28-22(34-19)26-21(31)14-10-20(30)29(12-14)15-4-7-18(24)17(23)11-15/h2-7,11,14,25H,8-10,12H2,1H3,(H,26,28,31). The quantitative estimate of drug-likeness (QED) is 0.455. The predicted octanol–water partition coefficient (Wildman–Crippen LogP) is 3.15. The van der Waals surface area contributed by atoms with E-state index in [0.29, 0.717) is 17.1 Å². The van der Waals surface area contributed by atoms with E-state index in [2.05, 4.69) is 20.2 Å². The number of amides is 2. The Morgan fingerprint density at radius 1 is 1.23 bits per heavy atom. The first-order chi connectivity index (χ1) is 16.6. The molecule has 35 heavy (non-hydrogen) atoms. The van der Waals surface area contributed by atoms with E-state index in [1.165, 1.54) is 35.2 Å². The van der Waals surface area contributed by atoms with Gasteiger partial charge >= 0.3 is 0 Å². The molecule has 2 aromatic carbocycles. The van der Waals surface area contributed by atoms with Crippen molar-refractivity contribution in [2.75, 3.05) is 23.3 Å². The Bertz CT molecular complexity index is 1360. The van der Waals surface area contributed by atoms with Crippen molar-refractivity contribution in [2.24, 2.45) is 5.92 Å². The largest absolute Gasteiger partial charge is 0.312 e. The minimum Gasteiger partial charge on any atom is -0.312 e. The maximum Gasteiger partial charge on any atom is 0.240 e. The smallest absolute Gasteiger partial charge is 0.240 e. The Kier molecular flexibility index (Phi) is 7.45. The minimum atomic E-state index is -3.64. The van der Waals surface area contributed by atoms with Crippen LogP contribution in [0.15, 0.2) is 47.4 Å². The minimum absolute atomic E-state index is 0.00667. The van der Waals surface area contributed by atoms with E-state index in [1.54, 1.807) is 12.1 Å². The summed E-state index contributed by atoms with van der Waals surface area (Å²) in [6.45, 7) is 2.11. The highest BCUT2D eigenvalue weighted by atomic mass is 35.5. The molecule has 13 heteroatoms. The van der Waals surface area contributed by atoms with E-state index in [-0.39, 0.29) is 40.5 Å². The van der Waals surface area contributed by atoms with Crippen molar-refractivity contribution < 1.29 is 22.4 Å². The van der Waals surface area contributed by atoms with Crippen molar-refractivity contribution in [1.29, 1.82) is 0 Å². The zero-order chi connectivity index (χ0) is 25.2. The Labute approximate surface area is 210 Å². The lowest BCUT2D eigenvalue weighted by molar-refractivity contribution is -0.122. The van der Waals surface area contributed by atoms with E-state index in [4.69, 9.17) is 11.6 Å². The summed E-state index contributed by atoms with van der Waals surface area (Å²) in [4.78, 5) is 26.6. The SMILES string of the molecule is Cc1ccc(S(=O)(=O)NCCc2nnc(NC(=O)C3CC(=O)N(c4ccc(F)c(Cl)c4)C3)s2)cc1. The number of aromatic nitrogens is 2. The molecule has 1 aliphatic heterocycles. The van der Waals surface area contributed by atoms with Crippen LogP contribution in [0.2, 0.25) is 5.02 Å². The molecule has 0 radical (unpaired) electrons. The molecule has 0 aliphatic carbocycles. The van der Waals surface area contributed by atoms with Crippen molar-refractivity contribution >= 4 is 55.6 Å². The van der Waals surface area contributed by atoms with Gasteiger partial charge in [-0.05, 0) is 37.3 Å². The zero-order valence-corrected chi connectivity index (χ0v) is 20.9. The van der Waals surface area contributed by atoms with E-state index in [9.17, 15) is 22.4 Å². The molecule has 1 unspecified atom stereocenters. The van der Waals surface area contributed by atoms with Gasteiger partial charge in [0.2, 0.25) is 27.0 Å². The van der Waals surface area contributed by atoms with E-state index >= 15 is 0 Å². The summed E-state index contributed by atoms with van der Waals surface area (Å²) in [5.41, 5.74) is 1.38. The molecule has 184 valence electrons. The molecule has 0 bridgehead atoms.